The second-order valence-electron chi connectivity index (χ2n) is 6.86. The van der Waals surface area contributed by atoms with Gasteiger partial charge in [-0.05, 0) is 25.0 Å². The molecule has 0 saturated carbocycles. The molecule has 0 fully saturated rings. The molecule has 0 unspecified atom stereocenters. The number of thioether (sulfide) groups is 1. The van der Waals surface area contributed by atoms with E-state index in [9.17, 15) is 20.2 Å². The normalized spacial score (nSPS) is 10.5. The summed E-state index contributed by atoms with van der Waals surface area (Å²) in [5.74, 6) is 0.284. The lowest BCUT2D eigenvalue weighted by Crippen LogP contribution is -2.12. The molecule has 2 aromatic heterocycles. The summed E-state index contributed by atoms with van der Waals surface area (Å²) in [6.07, 6.45) is 3.22. The van der Waals surface area contributed by atoms with Gasteiger partial charge in [0, 0.05) is 40.9 Å². The van der Waals surface area contributed by atoms with E-state index in [1.54, 1.807) is 23.6 Å². The van der Waals surface area contributed by atoms with Crippen LogP contribution in [0.15, 0.2) is 46.8 Å². The van der Waals surface area contributed by atoms with Gasteiger partial charge in [0.1, 0.15) is 11.1 Å². The molecule has 0 atom stereocenters. The van der Waals surface area contributed by atoms with E-state index in [0.717, 1.165) is 25.0 Å². The summed E-state index contributed by atoms with van der Waals surface area (Å²) < 4.78 is 0. The Labute approximate surface area is 193 Å². The van der Waals surface area contributed by atoms with Crippen molar-refractivity contribution in [2.24, 2.45) is 0 Å². The summed E-state index contributed by atoms with van der Waals surface area (Å²) >= 11 is 2.65. The minimum Gasteiger partial charge on any atom is -0.302 e. The van der Waals surface area contributed by atoms with Crippen molar-refractivity contribution >= 4 is 39.8 Å². The largest absolute Gasteiger partial charge is 0.302 e. The van der Waals surface area contributed by atoms with Crippen molar-refractivity contribution in [1.82, 2.24) is 9.97 Å². The molecule has 0 aliphatic heterocycles. The third-order valence-electron chi connectivity index (χ3n) is 4.50. The second kappa shape index (κ2) is 11.4. The van der Waals surface area contributed by atoms with E-state index in [1.165, 1.54) is 35.2 Å². The van der Waals surface area contributed by atoms with Crippen LogP contribution < -0.4 is 5.32 Å². The Hall–Kier alpha value is -3.29. The average Bonchev–Trinajstić information content (AvgIpc) is 3.26. The number of pyridine rings is 1. The monoisotopic (exact) mass is 467 g/mol. The molecule has 0 saturated heterocycles. The number of nitriles is 1. The summed E-state index contributed by atoms with van der Waals surface area (Å²) in [6.45, 7) is 2.12. The first kappa shape index (κ1) is 23.4. The predicted octanol–water partition coefficient (Wildman–Crippen LogP) is 5.45. The highest BCUT2D eigenvalue weighted by Crippen LogP contribution is 2.28. The maximum Gasteiger partial charge on any atom is 0.270 e. The summed E-state index contributed by atoms with van der Waals surface area (Å²) in [5.41, 5.74) is 2.63. The average molecular weight is 468 g/mol. The first-order valence-corrected chi connectivity index (χ1v) is 11.9. The fourth-order valence-corrected chi connectivity index (χ4v) is 4.50. The first-order valence-electron chi connectivity index (χ1n) is 10.0. The highest BCUT2D eigenvalue weighted by molar-refractivity contribution is 7.99. The molecule has 0 aliphatic rings. The number of amides is 1. The number of nitro benzene ring substituents is 1. The number of aryl methyl sites for hydroxylation is 1. The molecule has 3 aromatic rings. The number of rotatable bonds is 10. The third-order valence-corrected chi connectivity index (χ3v) is 6.25. The molecule has 0 bridgehead atoms. The van der Waals surface area contributed by atoms with Crippen LogP contribution in [0.2, 0.25) is 0 Å². The van der Waals surface area contributed by atoms with Crippen molar-refractivity contribution in [2.45, 2.75) is 37.6 Å². The molecule has 3 rings (SSSR count). The molecule has 0 aliphatic carbocycles. The van der Waals surface area contributed by atoms with Gasteiger partial charge in [0.15, 0.2) is 5.13 Å². The molecule has 10 heteroatoms. The zero-order chi connectivity index (χ0) is 22.9. The van der Waals surface area contributed by atoms with Crippen LogP contribution in [-0.2, 0) is 11.2 Å². The van der Waals surface area contributed by atoms with Crippen molar-refractivity contribution < 1.29 is 9.72 Å². The molecule has 1 aromatic carbocycles. The number of nitrogens with zero attached hydrogens (tertiary/aromatic N) is 4. The number of nitro groups is 1. The lowest BCUT2D eigenvalue weighted by molar-refractivity contribution is -0.384. The predicted molar refractivity (Wildman–Crippen MR) is 126 cm³/mol. The molecule has 0 spiro atoms. The van der Waals surface area contributed by atoms with Crippen LogP contribution in [0.4, 0.5) is 10.8 Å². The molecule has 164 valence electrons. The van der Waals surface area contributed by atoms with E-state index < -0.39 is 4.92 Å². The van der Waals surface area contributed by atoms with E-state index >= 15 is 0 Å². The van der Waals surface area contributed by atoms with Crippen molar-refractivity contribution in [3.05, 3.63) is 63.1 Å². The van der Waals surface area contributed by atoms with Gasteiger partial charge in [-0.15, -0.1) is 23.1 Å². The molecule has 1 amide bonds. The molecular weight excluding hydrogens is 446 g/mol. The lowest BCUT2D eigenvalue weighted by Gasteiger charge is -2.06. The van der Waals surface area contributed by atoms with E-state index in [1.807, 2.05) is 6.07 Å². The van der Waals surface area contributed by atoms with Crippen LogP contribution >= 0.6 is 23.1 Å². The molecular formula is C22H21N5O3S2. The maximum atomic E-state index is 12.3. The number of carbonyl (C=O) groups is 1. The number of carbonyl (C=O) groups excluding carboxylic acids is 1. The van der Waals surface area contributed by atoms with E-state index in [4.69, 9.17) is 0 Å². The molecule has 32 heavy (non-hydrogen) atoms. The number of unbranched alkanes of at least 4 members (excludes halogenated alkanes) is 1. The number of hydrogen-bond acceptors (Lipinski definition) is 8. The molecule has 8 nitrogen and oxygen atoms in total. The molecule has 2 heterocycles. The molecule has 0 radical (unpaired) electrons. The van der Waals surface area contributed by atoms with E-state index in [0.29, 0.717) is 32.7 Å². The Bertz CT molecular complexity index is 1160. The Morgan fingerprint density at radius 1 is 1.31 bits per heavy atom. The third kappa shape index (κ3) is 6.35. The minimum absolute atomic E-state index is 0.0118. The Morgan fingerprint density at radius 3 is 2.91 bits per heavy atom. The van der Waals surface area contributed by atoms with Crippen LogP contribution in [0.5, 0.6) is 0 Å². The zero-order valence-corrected chi connectivity index (χ0v) is 19.0. The van der Waals surface area contributed by atoms with Gasteiger partial charge >= 0.3 is 0 Å². The van der Waals surface area contributed by atoms with Gasteiger partial charge in [-0.2, -0.15) is 5.26 Å². The SMILES string of the molecule is CCCCc1ccc(C#N)c(SCCC(=O)Nc2nc(-c3cccc([N+](=O)[O-])c3)cs2)n1. The maximum absolute atomic E-state index is 12.3. The van der Waals surface area contributed by atoms with Crippen molar-refractivity contribution in [2.75, 3.05) is 11.1 Å². The Kier molecular flexibility index (Phi) is 8.30. The number of hydrogen-bond donors (Lipinski definition) is 1. The minimum atomic E-state index is -0.456. The molecule has 1 N–H and O–H groups in total. The summed E-state index contributed by atoms with van der Waals surface area (Å²) in [6, 6.07) is 12.0. The summed E-state index contributed by atoms with van der Waals surface area (Å²) in [5, 5.41) is 25.8. The number of thiazole rings is 1. The lowest BCUT2D eigenvalue weighted by atomic mass is 10.1. The van der Waals surface area contributed by atoms with Gasteiger partial charge in [0.05, 0.1) is 16.2 Å². The van der Waals surface area contributed by atoms with Crippen molar-refractivity contribution in [1.29, 1.82) is 5.26 Å². The Morgan fingerprint density at radius 2 is 2.16 bits per heavy atom. The van der Waals surface area contributed by atoms with Crippen LogP contribution in [0.25, 0.3) is 11.3 Å². The first-order chi connectivity index (χ1) is 15.5. The summed E-state index contributed by atoms with van der Waals surface area (Å²) in [7, 11) is 0. The quantitative estimate of drug-likeness (QED) is 0.239. The van der Waals surface area contributed by atoms with Gasteiger partial charge in [-0.3, -0.25) is 14.9 Å². The van der Waals surface area contributed by atoms with Crippen LogP contribution in [0, 0.1) is 21.4 Å². The Balaban J connectivity index is 1.56. The van der Waals surface area contributed by atoms with Gasteiger partial charge in [-0.1, -0.05) is 25.5 Å². The summed E-state index contributed by atoms with van der Waals surface area (Å²) in [4.78, 5) is 31.7. The number of nitrogens with one attached hydrogen (secondary N) is 1. The van der Waals surface area contributed by atoms with Crippen LogP contribution in [0.1, 0.15) is 37.4 Å². The zero-order valence-electron chi connectivity index (χ0n) is 17.4. The number of non-ortho nitro benzene ring substituents is 1. The standard InChI is InChI=1S/C22H21N5O3S2/c1-2-3-6-17-9-8-16(13-23)21(24-17)31-11-10-20(28)26-22-25-19(14-32-22)15-5-4-7-18(12-15)27(29)30/h4-5,7-9,12,14H,2-3,6,10-11H2,1H3,(H,25,26,28). The fraction of sp³-hybridized carbons (Fsp3) is 0.273. The van der Waals surface area contributed by atoms with E-state index in [2.05, 4.69) is 28.3 Å². The van der Waals surface area contributed by atoms with Gasteiger partial charge in [0.25, 0.3) is 5.69 Å². The van der Waals surface area contributed by atoms with Gasteiger partial charge in [0.2, 0.25) is 5.91 Å². The van der Waals surface area contributed by atoms with E-state index in [-0.39, 0.29) is 18.0 Å². The number of anilines is 1. The van der Waals surface area contributed by atoms with Crippen LogP contribution in [0.3, 0.4) is 0 Å². The number of benzene rings is 1. The van der Waals surface area contributed by atoms with Crippen LogP contribution in [-0.4, -0.2) is 26.6 Å². The fourth-order valence-electron chi connectivity index (χ4n) is 2.84. The number of aromatic nitrogens is 2. The highest BCUT2D eigenvalue weighted by Gasteiger charge is 2.12. The highest BCUT2D eigenvalue weighted by atomic mass is 32.2. The van der Waals surface area contributed by atoms with Gasteiger partial charge < -0.3 is 5.32 Å². The van der Waals surface area contributed by atoms with Gasteiger partial charge in [-0.25, -0.2) is 9.97 Å². The topological polar surface area (TPSA) is 122 Å². The smallest absolute Gasteiger partial charge is 0.270 e. The van der Waals surface area contributed by atoms with Crippen molar-refractivity contribution in [3.8, 4) is 17.3 Å². The second-order valence-corrected chi connectivity index (χ2v) is 8.80. The van der Waals surface area contributed by atoms with Crippen molar-refractivity contribution in [3.63, 3.8) is 0 Å².